The molecule has 0 aromatic carbocycles. The summed E-state index contributed by atoms with van der Waals surface area (Å²) in [6, 6.07) is 0. The Balaban J connectivity index is 2.05. The average molecular weight is 270 g/mol. The highest BCUT2D eigenvalue weighted by atomic mass is 16.6. The van der Waals surface area contributed by atoms with Gasteiger partial charge in [0.1, 0.15) is 0 Å². The fourth-order valence-electron chi connectivity index (χ4n) is 2.79. The third kappa shape index (κ3) is 8.25. The quantitative estimate of drug-likeness (QED) is 0.426. The van der Waals surface area contributed by atoms with E-state index in [9.17, 15) is 9.90 Å². The van der Waals surface area contributed by atoms with Crippen LogP contribution in [0.3, 0.4) is 0 Å². The van der Waals surface area contributed by atoms with E-state index < -0.39 is 5.97 Å². The molecule has 0 radical (unpaired) electrons. The Kier molecular flexibility index (Phi) is 8.11. The number of carbonyl (C=O) groups is 1. The summed E-state index contributed by atoms with van der Waals surface area (Å²) in [4.78, 5) is 11.2. The molecule has 0 bridgehead atoms. The van der Waals surface area contributed by atoms with E-state index in [0.717, 1.165) is 38.7 Å². The Hall–Kier alpha value is -0.570. The normalized spacial score (nSPS) is 21.1. The van der Waals surface area contributed by atoms with Crippen LogP contribution in [0.1, 0.15) is 71.6 Å². The summed E-state index contributed by atoms with van der Waals surface area (Å²) in [6.45, 7) is 5.29. The largest absolute Gasteiger partial charge is 0.481 e. The van der Waals surface area contributed by atoms with Crippen molar-refractivity contribution in [3.8, 4) is 0 Å². The maximum Gasteiger partial charge on any atom is 0.306 e. The molecule has 0 spiro atoms. The van der Waals surface area contributed by atoms with E-state index in [4.69, 9.17) is 4.74 Å². The van der Waals surface area contributed by atoms with E-state index in [1.165, 1.54) is 25.7 Å². The van der Waals surface area contributed by atoms with E-state index in [1.807, 2.05) is 0 Å². The number of aliphatic carboxylic acids is 1. The molecule has 0 saturated carbocycles. The highest BCUT2D eigenvalue weighted by Gasteiger charge is 2.21. The van der Waals surface area contributed by atoms with Crippen LogP contribution in [0.2, 0.25) is 0 Å². The lowest BCUT2D eigenvalue weighted by molar-refractivity contribution is -0.142. The summed E-state index contributed by atoms with van der Waals surface area (Å²) < 4.78 is 5.17. The molecular formula is C16H30O3. The van der Waals surface area contributed by atoms with Crippen molar-refractivity contribution in [3.05, 3.63) is 0 Å². The molecule has 3 unspecified atom stereocenters. The first kappa shape index (κ1) is 16.5. The molecule has 3 nitrogen and oxygen atoms in total. The molecule has 112 valence electrons. The van der Waals surface area contributed by atoms with E-state index in [2.05, 4.69) is 13.8 Å². The van der Waals surface area contributed by atoms with Gasteiger partial charge >= 0.3 is 5.97 Å². The zero-order valence-electron chi connectivity index (χ0n) is 12.6. The molecule has 0 aromatic heterocycles. The third-order valence-electron chi connectivity index (χ3n) is 4.05. The fourth-order valence-corrected chi connectivity index (χ4v) is 2.79. The Labute approximate surface area is 117 Å². The molecule has 0 amide bonds. The van der Waals surface area contributed by atoms with Crippen LogP contribution in [0.25, 0.3) is 0 Å². The SMILES string of the molecule is CCCC(C)CC(CCCCCCC1CO1)C(=O)O. The number of carboxylic acid groups (broad SMARTS) is 1. The van der Waals surface area contributed by atoms with Gasteiger partial charge in [-0.2, -0.15) is 0 Å². The molecule has 1 aliphatic heterocycles. The number of ether oxygens (including phenoxy) is 1. The summed E-state index contributed by atoms with van der Waals surface area (Å²) in [6.07, 6.45) is 10.4. The molecule has 19 heavy (non-hydrogen) atoms. The van der Waals surface area contributed by atoms with Gasteiger partial charge in [-0.15, -0.1) is 0 Å². The highest BCUT2D eigenvalue weighted by Crippen LogP contribution is 2.23. The monoisotopic (exact) mass is 270 g/mol. The maximum absolute atomic E-state index is 11.2. The molecule has 1 heterocycles. The fraction of sp³-hybridized carbons (Fsp3) is 0.938. The van der Waals surface area contributed by atoms with Gasteiger partial charge in [0.25, 0.3) is 0 Å². The number of carboxylic acids is 1. The van der Waals surface area contributed by atoms with Crippen molar-refractivity contribution in [2.45, 2.75) is 77.7 Å². The lowest BCUT2D eigenvalue weighted by atomic mass is 9.89. The molecule has 1 fully saturated rings. The van der Waals surface area contributed by atoms with Crippen molar-refractivity contribution in [1.29, 1.82) is 0 Å². The molecule has 3 atom stereocenters. The van der Waals surface area contributed by atoms with Crippen molar-refractivity contribution in [3.63, 3.8) is 0 Å². The van der Waals surface area contributed by atoms with Crippen LogP contribution in [-0.4, -0.2) is 23.8 Å². The van der Waals surface area contributed by atoms with Gasteiger partial charge in [0.2, 0.25) is 0 Å². The number of hydrogen-bond acceptors (Lipinski definition) is 2. The van der Waals surface area contributed by atoms with Crippen molar-refractivity contribution >= 4 is 5.97 Å². The van der Waals surface area contributed by atoms with Gasteiger partial charge < -0.3 is 9.84 Å². The van der Waals surface area contributed by atoms with Gasteiger partial charge in [-0.05, 0) is 25.2 Å². The lowest BCUT2D eigenvalue weighted by Crippen LogP contribution is -2.17. The minimum absolute atomic E-state index is 0.131. The van der Waals surface area contributed by atoms with Gasteiger partial charge in [-0.1, -0.05) is 52.4 Å². The van der Waals surface area contributed by atoms with Crippen molar-refractivity contribution in [2.24, 2.45) is 11.8 Å². The summed E-state index contributed by atoms with van der Waals surface area (Å²) >= 11 is 0. The van der Waals surface area contributed by atoms with Crippen LogP contribution in [-0.2, 0) is 9.53 Å². The summed E-state index contributed by atoms with van der Waals surface area (Å²) in [7, 11) is 0. The molecule has 3 heteroatoms. The minimum Gasteiger partial charge on any atom is -0.481 e. The van der Waals surface area contributed by atoms with E-state index in [-0.39, 0.29) is 5.92 Å². The molecule has 1 N–H and O–H groups in total. The Bertz CT molecular complexity index is 248. The highest BCUT2D eigenvalue weighted by molar-refractivity contribution is 5.69. The third-order valence-corrected chi connectivity index (χ3v) is 4.05. The van der Waals surface area contributed by atoms with E-state index in [0.29, 0.717) is 12.0 Å². The summed E-state index contributed by atoms with van der Waals surface area (Å²) in [5.74, 6) is -0.194. The van der Waals surface area contributed by atoms with Gasteiger partial charge in [-0.3, -0.25) is 4.79 Å². The second-order valence-electron chi connectivity index (χ2n) is 6.11. The standard InChI is InChI=1S/C16H30O3/c1-3-8-13(2)11-14(16(17)18)9-6-4-5-7-10-15-12-19-15/h13-15H,3-12H2,1-2H3,(H,17,18). The number of hydrogen-bond donors (Lipinski definition) is 1. The minimum atomic E-state index is -0.602. The zero-order valence-corrected chi connectivity index (χ0v) is 12.6. The van der Waals surface area contributed by atoms with Crippen molar-refractivity contribution in [2.75, 3.05) is 6.61 Å². The van der Waals surface area contributed by atoms with Crippen LogP contribution >= 0.6 is 0 Å². The molecular weight excluding hydrogens is 240 g/mol. The van der Waals surface area contributed by atoms with Crippen molar-refractivity contribution < 1.29 is 14.6 Å². The van der Waals surface area contributed by atoms with Gasteiger partial charge in [0, 0.05) is 0 Å². The summed E-state index contributed by atoms with van der Waals surface area (Å²) in [5.41, 5.74) is 0. The van der Waals surface area contributed by atoms with Crippen molar-refractivity contribution in [1.82, 2.24) is 0 Å². The van der Waals surface area contributed by atoms with Gasteiger partial charge in [0.05, 0.1) is 18.6 Å². The zero-order chi connectivity index (χ0) is 14.1. The van der Waals surface area contributed by atoms with Gasteiger partial charge in [-0.25, -0.2) is 0 Å². The van der Waals surface area contributed by atoms with E-state index >= 15 is 0 Å². The van der Waals surface area contributed by atoms with Crippen LogP contribution in [0.5, 0.6) is 0 Å². The number of epoxide rings is 1. The predicted octanol–water partition coefficient (Wildman–Crippen LogP) is 4.25. The van der Waals surface area contributed by atoms with Crippen LogP contribution in [0.15, 0.2) is 0 Å². The second kappa shape index (κ2) is 9.35. The Morgan fingerprint density at radius 2 is 1.95 bits per heavy atom. The molecule has 1 saturated heterocycles. The summed E-state index contributed by atoms with van der Waals surface area (Å²) in [5, 5.41) is 9.26. The van der Waals surface area contributed by atoms with Gasteiger partial charge in [0.15, 0.2) is 0 Å². The maximum atomic E-state index is 11.2. The van der Waals surface area contributed by atoms with Crippen LogP contribution in [0.4, 0.5) is 0 Å². The first-order chi connectivity index (χ1) is 9.13. The average Bonchev–Trinajstić information content (AvgIpc) is 3.16. The molecule has 0 aliphatic carbocycles. The lowest BCUT2D eigenvalue weighted by Gasteiger charge is -2.17. The number of unbranched alkanes of at least 4 members (excludes halogenated alkanes) is 3. The molecule has 1 aliphatic rings. The predicted molar refractivity (Wildman–Crippen MR) is 77.3 cm³/mol. The molecule has 0 aromatic rings. The Morgan fingerprint density at radius 3 is 2.53 bits per heavy atom. The van der Waals surface area contributed by atoms with E-state index in [1.54, 1.807) is 0 Å². The Morgan fingerprint density at radius 1 is 1.26 bits per heavy atom. The molecule has 1 rings (SSSR count). The van der Waals surface area contributed by atoms with Crippen LogP contribution < -0.4 is 0 Å². The first-order valence-corrected chi connectivity index (χ1v) is 7.97. The van der Waals surface area contributed by atoms with Crippen LogP contribution in [0, 0.1) is 11.8 Å². The first-order valence-electron chi connectivity index (χ1n) is 7.97. The number of rotatable bonds is 12. The second-order valence-corrected chi connectivity index (χ2v) is 6.11. The smallest absolute Gasteiger partial charge is 0.306 e. The topological polar surface area (TPSA) is 49.8 Å².